The average molecular weight is 495 g/mol. The van der Waals surface area contributed by atoms with E-state index >= 15 is 0 Å². The third kappa shape index (κ3) is 3.30. The van der Waals surface area contributed by atoms with Crippen LogP contribution in [0.2, 0.25) is 0 Å². The monoisotopic (exact) mass is 491 g/mol. The second-order valence-corrected chi connectivity index (χ2v) is 5.54. The van der Waals surface area contributed by atoms with Crippen molar-refractivity contribution in [1.29, 1.82) is 0 Å². The number of hydrogen-bond donors (Lipinski definition) is 0. The van der Waals surface area contributed by atoms with Crippen molar-refractivity contribution in [3.05, 3.63) is 38.4 Å². The predicted octanol–water partition coefficient (Wildman–Crippen LogP) is 5.17. The standard InChI is InChI=1S/C10H9Br4NO2/c11-2-6-1-7(3-12)9(5-14)10(15(16)17)8(6)4-13/h1H,2-5H2. The molecule has 0 heterocycles. The highest BCUT2D eigenvalue weighted by Gasteiger charge is 2.24. The maximum atomic E-state index is 11.2. The van der Waals surface area contributed by atoms with Gasteiger partial charge in [0, 0.05) is 32.4 Å². The topological polar surface area (TPSA) is 43.1 Å². The van der Waals surface area contributed by atoms with Crippen molar-refractivity contribution >= 4 is 69.4 Å². The van der Waals surface area contributed by atoms with Crippen LogP contribution in [0.15, 0.2) is 6.07 Å². The Bertz CT molecular complexity index is 407. The van der Waals surface area contributed by atoms with Crippen molar-refractivity contribution in [3.63, 3.8) is 0 Å². The number of alkyl halides is 4. The predicted molar refractivity (Wildman–Crippen MR) is 83.6 cm³/mol. The molecule has 1 rings (SSSR count). The first kappa shape index (κ1) is 15.6. The van der Waals surface area contributed by atoms with Crippen LogP contribution in [0, 0.1) is 10.1 Å². The Hall–Kier alpha value is 0.540. The van der Waals surface area contributed by atoms with Gasteiger partial charge in [0.1, 0.15) is 0 Å². The van der Waals surface area contributed by atoms with Crippen molar-refractivity contribution in [1.82, 2.24) is 0 Å². The molecular formula is C10H9Br4NO2. The molecule has 0 radical (unpaired) electrons. The number of benzene rings is 1. The number of nitro groups is 1. The SMILES string of the molecule is O=[N+]([O-])c1c(CBr)c(CBr)cc(CBr)c1CBr. The summed E-state index contributed by atoms with van der Waals surface area (Å²) in [5.41, 5.74) is 3.60. The van der Waals surface area contributed by atoms with Crippen LogP contribution in [0.4, 0.5) is 5.69 Å². The van der Waals surface area contributed by atoms with E-state index in [9.17, 15) is 10.1 Å². The lowest BCUT2D eigenvalue weighted by atomic mass is 9.99. The Balaban J connectivity index is 3.63. The number of nitrogens with zero attached hydrogens (tertiary/aromatic N) is 1. The zero-order chi connectivity index (χ0) is 13.0. The second kappa shape index (κ2) is 7.21. The molecule has 0 aliphatic carbocycles. The van der Waals surface area contributed by atoms with Crippen LogP contribution in [-0.4, -0.2) is 4.92 Å². The first-order valence-corrected chi connectivity index (χ1v) is 9.14. The Morgan fingerprint density at radius 2 is 1.35 bits per heavy atom. The van der Waals surface area contributed by atoms with E-state index in [4.69, 9.17) is 0 Å². The van der Waals surface area contributed by atoms with E-state index in [0.29, 0.717) is 21.3 Å². The minimum atomic E-state index is -0.300. The molecule has 1 aromatic rings. The van der Waals surface area contributed by atoms with Gasteiger partial charge in [-0.3, -0.25) is 10.1 Å². The summed E-state index contributed by atoms with van der Waals surface area (Å²) in [5, 5.41) is 13.4. The van der Waals surface area contributed by atoms with E-state index in [0.717, 1.165) is 22.3 Å². The maximum Gasteiger partial charge on any atom is 0.278 e. The van der Waals surface area contributed by atoms with E-state index in [1.807, 2.05) is 6.07 Å². The van der Waals surface area contributed by atoms with Crippen LogP contribution in [0.5, 0.6) is 0 Å². The van der Waals surface area contributed by atoms with Crippen LogP contribution in [0.1, 0.15) is 22.3 Å². The third-order valence-electron chi connectivity index (χ3n) is 2.43. The molecule has 0 fully saturated rings. The first-order valence-electron chi connectivity index (χ1n) is 4.65. The number of rotatable bonds is 5. The maximum absolute atomic E-state index is 11.2. The molecule has 0 aromatic heterocycles. The summed E-state index contributed by atoms with van der Waals surface area (Å²) in [5.74, 6) is 0. The Morgan fingerprint density at radius 3 is 1.59 bits per heavy atom. The fraction of sp³-hybridized carbons (Fsp3) is 0.400. The van der Waals surface area contributed by atoms with Gasteiger partial charge in [-0.15, -0.1) is 0 Å². The Morgan fingerprint density at radius 1 is 0.941 bits per heavy atom. The van der Waals surface area contributed by atoms with E-state index in [-0.39, 0.29) is 10.6 Å². The van der Waals surface area contributed by atoms with Crippen molar-refractivity contribution < 1.29 is 4.92 Å². The van der Waals surface area contributed by atoms with Gasteiger partial charge >= 0.3 is 0 Å². The summed E-state index contributed by atoms with van der Waals surface area (Å²) in [6.07, 6.45) is 0. The Kier molecular flexibility index (Phi) is 6.61. The quantitative estimate of drug-likeness (QED) is 0.322. The van der Waals surface area contributed by atoms with Gasteiger partial charge in [0.2, 0.25) is 0 Å². The zero-order valence-electron chi connectivity index (χ0n) is 8.68. The molecule has 0 spiro atoms. The fourth-order valence-electron chi connectivity index (χ4n) is 1.63. The molecule has 17 heavy (non-hydrogen) atoms. The first-order chi connectivity index (χ1) is 8.10. The van der Waals surface area contributed by atoms with Crippen LogP contribution in [0.25, 0.3) is 0 Å². The zero-order valence-corrected chi connectivity index (χ0v) is 15.0. The summed E-state index contributed by atoms with van der Waals surface area (Å²) >= 11 is 13.4. The summed E-state index contributed by atoms with van der Waals surface area (Å²) in [4.78, 5) is 10.9. The van der Waals surface area contributed by atoms with Crippen LogP contribution in [-0.2, 0) is 21.3 Å². The van der Waals surface area contributed by atoms with Crippen molar-refractivity contribution in [2.45, 2.75) is 21.3 Å². The lowest BCUT2D eigenvalue weighted by Crippen LogP contribution is -2.05. The molecule has 0 saturated heterocycles. The molecule has 0 aliphatic heterocycles. The lowest BCUT2D eigenvalue weighted by molar-refractivity contribution is -0.386. The van der Waals surface area contributed by atoms with E-state index < -0.39 is 0 Å². The molecule has 0 bridgehead atoms. The molecule has 3 nitrogen and oxygen atoms in total. The lowest BCUT2D eigenvalue weighted by Gasteiger charge is -2.12. The molecular weight excluding hydrogens is 486 g/mol. The summed E-state index contributed by atoms with van der Waals surface area (Å²) in [7, 11) is 0. The highest BCUT2D eigenvalue weighted by atomic mass is 79.9. The number of hydrogen-bond acceptors (Lipinski definition) is 2. The molecule has 0 unspecified atom stereocenters. The average Bonchev–Trinajstić information content (AvgIpc) is 2.35. The fourth-order valence-corrected chi connectivity index (χ4v) is 3.88. The third-order valence-corrected chi connectivity index (χ3v) is 4.76. The number of nitro benzene ring substituents is 1. The molecule has 7 heteroatoms. The van der Waals surface area contributed by atoms with Crippen LogP contribution < -0.4 is 0 Å². The van der Waals surface area contributed by atoms with Gasteiger partial charge in [0.15, 0.2) is 0 Å². The van der Waals surface area contributed by atoms with Gasteiger partial charge in [-0.05, 0) is 11.1 Å². The smallest absolute Gasteiger partial charge is 0.258 e. The normalized spacial score (nSPS) is 10.6. The molecule has 0 atom stereocenters. The summed E-state index contributed by atoms with van der Waals surface area (Å²) in [6.45, 7) is 0. The second-order valence-electron chi connectivity index (χ2n) is 3.29. The van der Waals surface area contributed by atoms with Gasteiger partial charge < -0.3 is 0 Å². The summed E-state index contributed by atoms with van der Waals surface area (Å²) < 4.78 is 0. The largest absolute Gasteiger partial charge is 0.278 e. The highest BCUT2D eigenvalue weighted by Crippen LogP contribution is 2.35. The van der Waals surface area contributed by atoms with Crippen molar-refractivity contribution in [2.75, 3.05) is 0 Å². The van der Waals surface area contributed by atoms with Gasteiger partial charge in [0.25, 0.3) is 5.69 Å². The molecule has 1 aromatic carbocycles. The van der Waals surface area contributed by atoms with Crippen LogP contribution >= 0.6 is 63.7 Å². The van der Waals surface area contributed by atoms with Gasteiger partial charge in [-0.2, -0.15) is 0 Å². The molecule has 0 amide bonds. The Labute approximate surface area is 133 Å². The van der Waals surface area contributed by atoms with Gasteiger partial charge in [0.05, 0.1) is 4.92 Å². The van der Waals surface area contributed by atoms with Gasteiger partial charge in [-0.25, -0.2) is 0 Å². The van der Waals surface area contributed by atoms with Crippen LogP contribution in [0.3, 0.4) is 0 Å². The highest BCUT2D eigenvalue weighted by molar-refractivity contribution is 9.09. The van der Waals surface area contributed by atoms with E-state index in [2.05, 4.69) is 63.7 Å². The minimum Gasteiger partial charge on any atom is -0.258 e. The van der Waals surface area contributed by atoms with Gasteiger partial charge in [-0.1, -0.05) is 69.8 Å². The minimum absolute atomic E-state index is 0.213. The van der Waals surface area contributed by atoms with Crippen molar-refractivity contribution in [3.8, 4) is 0 Å². The van der Waals surface area contributed by atoms with Crippen molar-refractivity contribution in [2.24, 2.45) is 0 Å². The number of halogens is 4. The molecule has 0 aliphatic rings. The van der Waals surface area contributed by atoms with E-state index in [1.54, 1.807) is 0 Å². The molecule has 0 saturated carbocycles. The summed E-state index contributed by atoms with van der Waals surface area (Å²) in [6, 6.07) is 2.00. The molecule has 0 N–H and O–H groups in total. The van der Waals surface area contributed by atoms with E-state index in [1.165, 1.54) is 0 Å². The molecule has 94 valence electrons.